The van der Waals surface area contributed by atoms with Crippen LogP contribution in [0, 0.1) is 0 Å². The number of nitrogens with zero attached hydrogens (tertiary/aromatic N) is 3. The molecule has 124 valence electrons. The Morgan fingerprint density at radius 2 is 2.30 bits per heavy atom. The molecular weight excluding hydrogens is 324 g/mol. The monoisotopic (exact) mass is 341 g/mol. The number of amides is 1. The van der Waals surface area contributed by atoms with Crippen LogP contribution in [-0.2, 0) is 11.3 Å². The van der Waals surface area contributed by atoms with Crippen molar-refractivity contribution < 1.29 is 18.3 Å². The van der Waals surface area contributed by atoms with Crippen LogP contribution in [-0.4, -0.2) is 46.2 Å². The number of ether oxygens (including phenoxy) is 1. The van der Waals surface area contributed by atoms with E-state index in [1.54, 1.807) is 16.2 Å². The molecule has 0 N–H and O–H groups in total. The van der Waals surface area contributed by atoms with Gasteiger partial charge in [-0.15, -0.1) is 0 Å². The molecule has 2 unspecified atom stereocenters. The van der Waals surface area contributed by atoms with Crippen LogP contribution in [0.5, 0.6) is 0 Å². The summed E-state index contributed by atoms with van der Waals surface area (Å²) in [6.07, 6.45) is -1.50. The van der Waals surface area contributed by atoms with Gasteiger partial charge in [0.15, 0.2) is 0 Å². The highest BCUT2D eigenvalue weighted by molar-refractivity contribution is 7.07. The van der Waals surface area contributed by atoms with E-state index in [1.165, 1.54) is 12.3 Å². The molecule has 2 atom stereocenters. The summed E-state index contributed by atoms with van der Waals surface area (Å²) in [6.45, 7) is 2.15. The minimum atomic E-state index is -2.55. The molecule has 2 aromatic rings. The predicted molar refractivity (Wildman–Crippen MR) is 81.7 cm³/mol. The molecule has 1 amide bonds. The van der Waals surface area contributed by atoms with Gasteiger partial charge in [0.1, 0.15) is 18.3 Å². The van der Waals surface area contributed by atoms with Gasteiger partial charge >= 0.3 is 0 Å². The Morgan fingerprint density at radius 1 is 1.48 bits per heavy atom. The van der Waals surface area contributed by atoms with Crippen LogP contribution in [0.3, 0.4) is 0 Å². The van der Waals surface area contributed by atoms with Gasteiger partial charge in [-0.2, -0.15) is 16.4 Å². The smallest absolute Gasteiger partial charge is 0.272 e. The van der Waals surface area contributed by atoms with E-state index in [9.17, 15) is 13.6 Å². The summed E-state index contributed by atoms with van der Waals surface area (Å²) in [4.78, 5) is 14.3. The predicted octanol–water partition coefficient (Wildman–Crippen LogP) is 2.81. The maximum Gasteiger partial charge on any atom is 0.272 e. The second kappa shape index (κ2) is 6.76. The molecule has 5 nitrogen and oxygen atoms in total. The van der Waals surface area contributed by atoms with Gasteiger partial charge in [-0.3, -0.25) is 9.48 Å². The topological polar surface area (TPSA) is 47.4 Å². The van der Waals surface area contributed by atoms with Crippen LogP contribution in [0.25, 0.3) is 0 Å². The Hall–Kier alpha value is -1.80. The molecule has 0 aliphatic carbocycles. The number of thiophene rings is 1. The van der Waals surface area contributed by atoms with E-state index in [0.29, 0.717) is 13.1 Å². The second-order valence-corrected chi connectivity index (χ2v) is 6.27. The first kappa shape index (κ1) is 16.1. The van der Waals surface area contributed by atoms with Gasteiger partial charge in [0, 0.05) is 12.7 Å². The third-order valence-electron chi connectivity index (χ3n) is 3.71. The fourth-order valence-electron chi connectivity index (χ4n) is 2.71. The number of aromatic nitrogens is 2. The summed E-state index contributed by atoms with van der Waals surface area (Å²) < 4.78 is 32.1. The number of alkyl halides is 2. The standard InChI is InChI=1S/C15H17F2N3O2S/c1-10-6-19(7-13(22-10)11-3-5-23-9-11)15(21)12-2-4-18-20(12)8-14(16)17/h2-5,9-10,13-14H,6-8H2,1H3. The summed E-state index contributed by atoms with van der Waals surface area (Å²) in [5, 5.41) is 7.77. The van der Waals surface area contributed by atoms with E-state index in [2.05, 4.69) is 5.10 Å². The zero-order valence-corrected chi connectivity index (χ0v) is 13.4. The van der Waals surface area contributed by atoms with E-state index in [1.807, 2.05) is 23.8 Å². The highest BCUT2D eigenvalue weighted by Gasteiger charge is 2.31. The molecule has 1 aliphatic rings. The van der Waals surface area contributed by atoms with Crippen LogP contribution in [0.15, 0.2) is 29.1 Å². The third kappa shape index (κ3) is 3.59. The Labute approximate surface area is 136 Å². The maximum absolute atomic E-state index is 12.7. The highest BCUT2D eigenvalue weighted by atomic mass is 32.1. The number of hydrogen-bond donors (Lipinski definition) is 0. The molecular formula is C15H17F2N3O2S. The number of morpholine rings is 1. The first-order valence-electron chi connectivity index (χ1n) is 7.31. The quantitative estimate of drug-likeness (QED) is 0.859. The van der Waals surface area contributed by atoms with Crippen LogP contribution < -0.4 is 0 Å². The normalized spacial score (nSPS) is 21.8. The van der Waals surface area contributed by atoms with E-state index in [4.69, 9.17) is 4.74 Å². The number of carbonyl (C=O) groups excluding carboxylic acids is 1. The lowest BCUT2D eigenvalue weighted by Crippen LogP contribution is -2.46. The summed E-state index contributed by atoms with van der Waals surface area (Å²) in [6, 6.07) is 3.45. The van der Waals surface area contributed by atoms with Gasteiger partial charge in [-0.1, -0.05) is 0 Å². The van der Waals surface area contributed by atoms with Crippen molar-refractivity contribution in [2.24, 2.45) is 0 Å². The van der Waals surface area contributed by atoms with Gasteiger partial charge < -0.3 is 9.64 Å². The minimum absolute atomic E-state index is 0.121. The molecule has 23 heavy (non-hydrogen) atoms. The SMILES string of the molecule is CC1CN(C(=O)c2ccnn2CC(F)F)CC(c2ccsc2)O1. The van der Waals surface area contributed by atoms with E-state index in [-0.39, 0.29) is 23.8 Å². The molecule has 0 saturated carbocycles. The third-order valence-corrected chi connectivity index (χ3v) is 4.41. The van der Waals surface area contributed by atoms with E-state index in [0.717, 1.165) is 10.2 Å². The maximum atomic E-state index is 12.7. The molecule has 0 spiro atoms. The lowest BCUT2D eigenvalue weighted by molar-refractivity contribution is -0.0693. The van der Waals surface area contributed by atoms with E-state index >= 15 is 0 Å². The molecule has 8 heteroatoms. The summed E-state index contributed by atoms with van der Waals surface area (Å²) >= 11 is 1.57. The van der Waals surface area contributed by atoms with Crippen molar-refractivity contribution in [3.8, 4) is 0 Å². The minimum Gasteiger partial charge on any atom is -0.367 e. The summed E-state index contributed by atoms with van der Waals surface area (Å²) in [5.74, 6) is -0.293. The molecule has 0 bridgehead atoms. The Morgan fingerprint density at radius 3 is 3.00 bits per heavy atom. The molecule has 1 fully saturated rings. The van der Waals surface area contributed by atoms with Crippen molar-refractivity contribution in [2.45, 2.75) is 32.1 Å². The van der Waals surface area contributed by atoms with Gasteiger partial charge in [-0.05, 0) is 35.4 Å². The van der Waals surface area contributed by atoms with Gasteiger partial charge in [0.05, 0.1) is 12.6 Å². The van der Waals surface area contributed by atoms with Crippen molar-refractivity contribution in [1.29, 1.82) is 0 Å². The second-order valence-electron chi connectivity index (χ2n) is 5.49. The van der Waals surface area contributed by atoms with Crippen LogP contribution in [0.1, 0.15) is 29.1 Å². The first-order chi connectivity index (χ1) is 11.0. The van der Waals surface area contributed by atoms with Crippen LogP contribution in [0.4, 0.5) is 8.78 Å². The Balaban J connectivity index is 1.77. The lowest BCUT2D eigenvalue weighted by atomic mass is 10.1. The molecule has 3 heterocycles. The van der Waals surface area contributed by atoms with Gasteiger partial charge in [0.25, 0.3) is 12.3 Å². The molecule has 3 rings (SSSR count). The van der Waals surface area contributed by atoms with Crippen molar-refractivity contribution in [3.05, 3.63) is 40.3 Å². The zero-order valence-electron chi connectivity index (χ0n) is 12.6. The number of halogens is 2. The number of carbonyl (C=O) groups is 1. The van der Waals surface area contributed by atoms with Gasteiger partial charge in [0.2, 0.25) is 0 Å². The van der Waals surface area contributed by atoms with Crippen molar-refractivity contribution in [1.82, 2.24) is 14.7 Å². The molecule has 1 saturated heterocycles. The zero-order chi connectivity index (χ0) is 16.4. The van der Waals surface area contributed by atoms with Crippen LogP contribution in [0.2, 0.25) is 0 Å². The highest BCUT2D eigenvalue weighted by Crippen LogP contribution is 2.27. The molecule has 0 radical (unpaired) electrons. The molecule has 1 aliphatic heterocycles. The largest absolute Gasteiger partial charge is 0.367 e. The molecule has 2 aromatic heterocycles. The number of hydrogen-bond acceptors (Lipinski definition) is 4. The number of rotatable bonds is 4. The van der Waals surface area contributed by atoms with Crippen molar-refractivity contribution in [2.75, 3.05) is 13.1 Å². The Bertz CT molecular complexity index is 659. The van der Waals surface area contributed by atoms with Gasteiger partial charge in [-0.25, -0.2) is 8.78 Å². The molecule has 0 aromatic carbocycles. The summed E-state index contributed by atoms with van der Waals surface area (Å²) in [5.41, 5.74) is 1.21. The van der Waals surface area contributed by atoms with Crippen molar-refractivity contribution in [3.63, 3.8) is 0 Å². The average Bonchev–Trinajstić information content (AvgIpc) is 3.16. The fraction of sp³-hybridized carbons (Fsp3) is 0.467. The lowest BCUT2D eigenvalue weighted by Gasteiger charge is -2.36. The summed E-state index contributed by atoms with van der Waals surface area (Å²) in [7, 11) is 0. The van der Waals surface area contributed by atoms with Crippen molar-refractivity contribution >= 4 is 17.2 Å². The Kier molecular flexibility index (Phi) is 4.72. The van der Waals surface area contributed by atoms with E-state index < -0.39 is 13.0 Å². The van der Waals surface area contributed by atoms with Crippen LogP contribution >= 0.6 is 11.3 Å². The average molecular weight is 341 g/mol. The fourth-order valence-corrected chi connectivity index (χ4v) is 3.41. The first-order valence-corrected chi connectivity index (χ1v) is 8.25.